The van der Waals surface area contributed by atoms with Gasteiger partial charge in [-0.05, 0) is 55.0 Å². The van der Waals surface area contributed by atoms with Crippen LogP contribution in [-0.4, -0.2) is 55.6 Å². The molecule has 1 saturated heterocycles. The second-order valence-corrected chi connectivity index (χ2v) is 10.5. The van der Waals surface area contributed by atoms with Gasteiger partial charge in [-0.15, -0.1) is 0 Å². The summed E-state index contributed by atoms with van der Waals surface area (Å²) >= 11 is 0. The largest absolute Gasteiger partial charge is 0.497 e. The summed E-state index contributed by atoms with van der Waals surface area (Å²) in [4.78, 5) is 45.4. The van der Waals surface area contributed by atoms with Crippen molar-refractivity contribution in [1.29, 1.82) is 0 Å². The predicted molar refractivity (Wildman–Crippen MR) is 158 cm³/mol. The zero-order valence-electron chi connectivity index (χ0n) is 23.8. The number of methoxy groups -OCH3 is 1. The van der Waals surface area contributed by atoms with Crippen molar-refractivity contribution in [2.24, 2.45) is 0 Å². The molecule has 0 aliphatic carbocycles. The van der Waals surface area contributed by atoms with Gasteiger partial charge in [0.1, 0.15) is 12.4 Å². The van der Waals surface area contributed by atoms with Crippen LogP contribution in [0, 0.1) is 0 Å². The Balaban J connectivity index is 1.33. The van der Waals surface area contributed by atoms with Crippen LogP contribution in [0.2, 0.25) is 0 Å². The molecule has 8 nitrogen and oxygen atoms in total. The summed E-state index contributed by atoms with van der Waals surface area (Å²) in [5.41, 5.74) is 3.97. The van der Waals surface area contributed by atoms with Gasteiger partial charge in [-0.1, -0.05) is 55.5 Å². The molecule has 5 rings (SSSR count). The SMILES string of the molecule is CCCN(C(=O)OCc1ccccc1)c1cc(OC)ccc1C(=O)N1CCC(N2C(=O)CCc3ccccc32)CC1. The van der Waals surface area contributed by atoms with Crippen LogP contribution in [0.25, 0.3) is 0 Å². The van der Waals surface area contributed by atoms with Gasteiger partial charge in [-0.2, -0.15) is 0 Å². The normalized spacial score (nSPS) is 15.3. The molecule has 41 heavy (non-hydrogen) atoms. The van der Waals surface area contributed by atoms with Gasteiger partial charge in [-0.3, -0.25) is 14.5 Å². The van der Waals surface area contributed by atoms with Gasteiger partial charge in [0.15, 0.2) is 0 Å². The fourth-order valence-corrected chi connectivity index (χ4v) is 5.72. The van der Waals surface area contributed by atoms with Crippen molar-refractivity contribution >= 4 is 29.3 Å². The number of amides is 3. The molecule has 3 aromatic carbocycles. The third-order valence-corrected chi connectivity index (χ3v) is 7.84. The van der Waals surface area contributed by atoms with Crippen LogP contribution in [0.15, 0.2) is 72.8 Å². The van der Waals surface area contributed by atoms with Crippen molar-refractivity contribution in [3.05, 3.63) is 89.5 Å². The van der Waals surface area contributed by atoms with Gasteiger partial charge in [0.2, 0.25) is 5.91 Å². The van der Waals surface area contributed by atoms with Crippen LogP contribution >= 0.6 is 0 Å². The first kappa shape index (κ1) is 28.2. The van der Waals surface area contributed by atoms with Crippen LogP contribution in [0.1, 0.15) is 54.1 Å². The summed E-state index contributed by atoms with van der Waals surface area (Å²) in [6.07, 6.45) is 2.83. The van der Waals surface area contributed by atoms with Crippen molar-refractivity contribution in [2.75, 3.05) is 36.5 Å². The molecule has 0 unspecified atom stereocenters. The van der Waals surface area contributed by atoms with E-state index in [0.29, 0.717) is 62.3 Å². The van der Waals surface area contributed by atoms with Gasteiger partial charge in [0, 0.05) is 43.9 Å². The summed E-state index contributed by atoms with van der Waals surface area (Å²) in [7, 11) is 1.56. The minimum atomic E-state index is -0.515. The molecule has 3 aromatic rings. The number of hydrogen-bond acceptors (Lipinski definition) is 5. The Labute approximate surface area is 241 Å². The van der Waals surface area contributed by atoms with E-state index in [-0.39, 0.29) is 24.5 Å². The number of anilines is 2. The topological polar surface area (TPSA) is 79.4 Å². The molecule has 0 N–H and O–H groups in total. The predicted octanol–water partition coefficient (Wildman–Crippen LogP) is 5.83. The van der Waals surface area contributed by atoms with Crippen molar-refractivity contribution in [3.8, 4) is 5.75 Å². The standard InChI is InChI=1S/C33H37N3O5/c1-3-19-35(33(39)41-23-24-9-5-4-6-10-24)30-22-27(40-2)14-15-28(30)32(38)34-20-17-26(18-21-34)36-29-12-8-7-11-25(29)13-16-31(36)37/h4-12,14-15,22,26H,3,13,16-21,23H2,1-2H3. The Kier molecular flexibility index (Phi) is 8.87. The van der Waals surface area contributed by atoms with E-state index < -0.39 is 6.09 Å². The lowest BCUT2D eigenvalue weighted by atomic mass is 9.95. The number of rotatable bonds is 8. The Morgan fingerprint density at radius 1 is 0.951 bits per heavy atom. The molecule has 0 spiro atoms. The molecule has 0 saturated carbocycles. The average molecular weight is 556 g/mol. The van der Waals surface area contributed by atoms with Crippen LogP contribution in [0.4, 0.5) is 16.2 Å². The molecular weight excluding hydrogens is 518 g/mol. The first-order chi connectivity index (χ1) is 20.0. The zero-order valence-corrected chi connectivity index (χ0v) is 23.8. The van der Waals surface area contributed by atoms with E-state index in [9.17, 15) is 14.4 Å². The number of carbonyl (C=O) groups is 3. The number of ether oxygens (including phenoxy) is 2. The Morgan fingerprint density at radius 2 is 1.68 bits per heavy atom. The summed E-state index contributed by atoms with van der Waals surface area (Å²) in [5, 5.41) is 0. The number of nitrogens with zero attached hydrogens (tertiary/aromatic N) is 3. The summed E-state index contributed by atoms with van der Waals surface area (Å²) < 4.78 is 11.1. The number of hydrogen-bond donors (Lipinski definition) is 0. The Hall–Kier alpha value is -4.33. The van der Waals surface area contributed by atoms with E-state index >= 15 is 0 Å². The fraction of sp³-hybridized carbons (Fsp3) is 0.364. The lowest BCUT2D eigenvalue weighted by Gasteiger charge is -2.41. The highest BCUT2D eigenvalue weighted by Crippen LogP contribution is 2.34. The molecule has 1 fully saturated rings. The third-order valence-electron chi connectivity index (χ3n) is 7.84. The van der Waals surface area contributed by atoms with Gasteiger partial charge >= 0.3 is 6.09 Å². The monoisotopic (exact) mass is 555 g/mol. The summed E-state index contributed by atoms with van der Waals surface area (Å²) in [6.45, 7) is 3.54. The van der Waals surface area contributed by atoms with Crippen LogP contribution in [0.3, 0.4) is 0 Å². The molecular formula is C33H37N3O5. The maximum atomic E-state index is 13.9. The van der Waals surface area contributed by atoms with Crippen LogP contribution in [-0.2, 0) is 22.6 Å². The minimum absolute atomic E-state index is 0.0490. The van der Waals surface area contributed by atoms with E-state index in [1.165, 1.54) is 10.5 Å². The molecule has 2 heterocycles. The van der Waals surface area contributed by atoms with Crippen molar-refractivity contribution in [1.82, 2.24) is 4.90 Å². The van der Waals surface area contributed by atoms with Gasteiger partial charge in [0.25, 0.3) is 5.91 Å². The van der Waals surface area contributed by atoms with Crippen LogP contribution < -0.4 is 14.5 Å². The van der Waals surface area contributed by atoms with Gasteiger partial charge in [-0.25, -0.2) is 4.79 Å². The molecule has 2 aliphatic heterocycles. The lowest BCUT2D eigenvalue weighted by Crippen LogP contribution is -2.50. The number of carbonyl (C=O) groups excluding carboxylic acids is 3. The maximum Gasteiger partial charge on any atom is 0.414 e. The number of piperidine rings is 1. The highest BCUT2D eigenvalue weighted by atomic mass is 16.6. The molecule has 0 radical (unpaired) electrons. The molecule has 2 aliphatic rings. The fourth-order valence-electron chi connectivity index (χ4n) is 5.72. The Bertz CT molecular complexity index is 1380. The number of para-hydroxylation sites is 1. The highest BCUT2D eigenvalue weighted by Gasteiger charge is 2.35. The summed E-state index contributed by atoms with van der Waals surface area (Å²) in [6, 6.07) is 22.8. The third kappa shape index (κ3) is 6.21. The number of fused-ring (bicyclic) bond motifs is 1. The van der Waals surface area contributed by atoms with E-state index in [2.05, 4.69) is 6.07 Å². The smallest absolute Gasteiger partial charge is 0.414 e. The molecule has 214 valence electrons. The molecule has 3 amide bonds. The van der Waals surface area contributed by atoms with Crippen molar-refractivity contribution in [2.45, 2.75) is 51.7 Å². The molecule has 0 atom stereocenters. The average Bonchev–Trinajstić information content (AvgIpc) is 3.02. The quantitative estimate of drug-likeness (QED) is 0.349. The van der Waals surface area contributed by atoms with Crippen molar-refractivity contribution < 1.29 is 23.9 Å². The number of likely N-dealkylation sites (tertiary alicyclic amines) is 1. The maximum absolute atomic E-state index is 13.9. The van der Waals surface area contributed by atoms with Crippen LogP contribution in [0.5, 0.6) is 5.75 Å². The highest BCUT2D eigenvalue weighted by molar-refractivity contribution is 6.04. The molecule has 8 heteroatoms. The first-order valence-corrected chi connectivity index (χ1v) is 14.4. The number of benzene rings is 3. The van der Waals surface area contributed by atoms with E-state index in [1.54, 1.807) is 25.3 Å². The lowest BCUT2D eigenvalue weighted by molar-refractivity contribution is -0.119. The molecule has 0 aromatic heterocycles. The Morgan fingerprint density at radius 3 is 2.41 bits per heavy atom. The molecule has 0 bridgehead atoms. The van der Waals surface area contributed by atoms with Gasteiger partial charge < -0.3 is 19.3 Å². The first-order valence-electron chi connectivity index (χ1n) is 14.4. The second kappa shape index (κ2) is 12.9. The van der Waals surface area contributed by atoms with Gasteiger partial charge in [0.05, 0.1) is 18.4 Å². The van der Waals surface area contributed by atoms with E-state index in [4.69, 9.17) is 9.47 Å². The van der Waals surface area contributed by atoms with Crippen molar-refractivity contribution in [3.63, 3.8) is 0 Å². The zero-order chi connectivity index (χ0) is 28.8. The minimum Gasteiger partial charge on any atom is -0.497 e. The summed E-state index contributed by atoms with van der Waals surface area (Å²) in [5.74, 6) is 0.549. The second-order valence-electron chi connectivity index (χ2n) is 10.5. The van der Waals surface area contributed by atoms with E-state index in [1.807, 2.05) is 65.3 Å². The number of aryl methyl sites for hydroxylation is 1. The van der Waals surface area contributed by atoms with E-state index in [0.717, 1.165) is 17.7 Å².